The van der Waals surface area contributed by atoms with Gasteiger partial charge >= 0.3 is 0 Å². The topological polar surface area (TPSA) is 58.4 Å². The Morgan fingerprint density at radius 2 is 2.33 bits per heavy atom. The number of rotatable bonds is 5. The predicted molar refractivity (Wildman–Crippen MR) is 86.3 cm³/mol. The Hall–Kier alpha value is -1.10. The van der Waals surface area contributed by atoms with Crippen LogP contribution in [0.1, 0.15) is 37.8 Å². The first-order chi connectivity index (χ1) is 10.1. The number of benzene rings is 1. The molecule has 1 aliphatic heterocycles. The fourth-order valence-electron chi connectivity index (χ4n) is 3.17. The van der Waals surface area contributed by atoms with Crippen molar-refractivity contribution in [2.75, 3.05) is 13.6 Å². The molecule has 0 radical (unpaired) electrons. The summed E-state index contributed by atoms with van der Waals surface area (Å²) in [5.74, 6) is 0.0721. The average Bonchev–Trinajstić information content (AvgIpc) is 2.95. The number of hydrogen-bond donors (Lipinski definition) is 2. The van der Waals surface area contributed by atoms with Gasteiger partial charge in [0.25, 0.3) is 0 Å². The Morgan fingerprint density at radius 1 is 1.57 bits per heavy atom. The molecule has 3 unspecified atom stereocenters. The Morgan fingerprint density at radius 3 is 2.95 bits per heavy atom. The lowest BCUT2D eigenvalue weighted by Crippen LogP contribution is -2.48. The molecule has 1 aliphatic rings. The number of likely N-dealkylation sites (N-methyl/N-ethyl adjacent to an activating group) is 1. The summed E-state index contributed by atoms with van der Waals surface area (Å²) in [4.78, 5) is 14.4. The molecule has 1 fully saturated rings. The van der Waals surface area contributed by atoms with Gasteiger partial charge in [0.2, 0.25) is 5.91 Å². The van der Waals surface area contributed by atoms with E-state index in [1.54, 1.807) is 7.05 Å². The van der Waals surface area contributed by atoms with Crippen molar-refractivity contribution < 1.29 is 4.79 Å². The third-order valence-electron chi connectivity index (χ3n) is 4.27. The van der Waals surface area contributed by atoms with Crippen molar-refractivity contribution in [3.63, 3.8) is 0 Å². The Labute approximate surface area is 131 Å². The van der Waals surface area contributed by atoms with Gasteiger partial charge in [0.1, 0.15) is 0 Å². The van der Waals surface area contributed by atoms with Crippen LogP contribution >= 0.6 is 11.6 Å². The summed E-state index contributed by atoms with van der Waals surface area (Å²) in [7, 11) is 1.69. The van der Waals surface area contributed by atoms with Crippen LogP contribution in [0, 0.1) is 0 Å². The number of amides is 1. The van der Waals surface area contributed by atoms with Gasteiger partial charge in [-0.25, -0.2) is 0 Å². The molecular weight excluding hydrogens is 286 g/mol. The second kappa shape index (κ2) is 7.25. The van der Waals surface area contributed by atoms with E-state index in [4.69, 9.17) is 17.3 Å². The Kier molecular flexibility index (Phi) is 5.62. The van der Waals surface area contributed by atoms with Gasteiger partial charge in [-0.3, -0.25) is 9.69 Å². The van der Waals surface area contributed by atoms with Crippen LogP contribution in [0.5, 0.6) is 0 Å². The molecule has 0 spiro atoms. The van der Waals surface area contributed by atoms with E-state index in [1.165, 1.54) is 0 Å². The molecule has 116 valence electrons. The van der Waals surface area contributed by atoms with Crippen molar-refractivity contribution in [3.05, 3.63) is 34.9 Å². The van der Waals surface area contributed by atoms with E-state index in [1.807, 2.05) is 24.3 Å². The number of hydrogen-bond acceptors (Lipinski definition) is 3. The van der Waals surface area contributed by atoms with E-state index in [-0.39, 0.29) is 24.0 Å². The molecule has 1 aromatic rings. The molecule has 1 saturated heterocycles. The summed E-state index contributed by atoms with van der Waals surface area (Å²) in [5, 5.41) is 3.47. The lowest BCUT2D eigenvalue weighted by atomic mass is 9.95. The number of halogens is 1. The zero-order valence-corrected chi connectivity index (χ0v) is 13.4. The molecule has 4 nitrogen and oxygen atoms in total. The number of nitrogens with zero attached hydrogens (tertiary/aromatic N) is 1. The Bertz CT molecular complexity index is 494. The molecule has 3 atom stereocenters. The molecule has 1 heterocycles. The molecule has 21 heavy (non-hydrogen) atoms. The minimum absolute atomic E-state index is 0.0197. The summed E-state index contributed by atoms with van der Waals surface area (Å²) < 4.78 is 0. The van der Waals surface area contributed by atoms with Gasteiger partial charge < -0.3 is 11.1 Å². The van der Waals surface area contributed by atoms with Crippen LogP contribution in [-0.2, 0) is 4.79 Å². The first-order valence-electron chi connectivity index (χ1n) is 7.56. The first kappa shape index (κ1) is 16.3. The minimum Gasteiger partial charge on any atom is -0.358 e. The van der Waals surface area contributed by atoms with E-state index in [2.05, 4.69) is 17.1 Å². The molecule has 2 rings (SSSR count). The zero-order valence-electron chi connectivity index (χ0n) is 12.7. The van der Waals surface area contributed by atoms with Crippen LogP contribution in [0.2, 0.25) is 5.02 Å². The van der Waals surface area contributed by atoms with Gasteiger partial charge in [-0.15, -0.1) is 0 Å². The van der Waals surface area contributed by atoms with E-state index in [0.717, 1.165) is 31.4 Å². The summed E-state index contributed by atoms with van der Waals surface area (Å²) >= 11 is 6.13. The summed E-state index contributed by atoms with van der Waals surface area (Å²) in [6.07, 6.45) is 2.76. The lowest BCUT2D eigenvalue weighted by Gasteiger charge is -2.36. The highest BCUT2D eigenvalue weighted by molar-refractivity contribution is 6.30. The molecule has 0 saturated carbocycles. The number of carbonyl (C=O) groups is 1. The monoisotopic (exact) mass is 309 g/mol. The molecule has 3 N–H and O–H groups in total. The largest absolute Gasteiger partial charge is 0.358 e. The summed E-state index contributed by atoms with van der Waals surface area (Å²) in [6.45, 7) is 2.97. The zero-order chi connectivity index (χ0) is 15.4. The second-order valence-corrected chi connectivity index (χ2v) is 6.02. The molecule has 0 bridgehead atoms. The van der Waals surface area contributed by atoms with E-state index in [9.17, 15) is 4.79 Å². The van der Waals surface area contributed by atoms with Crippen LogP contribution in [0.25, 0.3) is 0 Å². The van der Waals surface area contributed by atoms with Crippen LogP contribution in [-0.4, -0.2) is 36.5 Å². The maximum absolute atomic E-state index is 12.1. The third kappa shape index (κ3) is 3.57. The SMILES string of the molecule is CCC(N)C(c1cccc(Cl)c1)N1CCCC1C(=O)NC. The molecule has 1 aromatic carbocycles. The van der Waals surface area contributed by atoms with E-state index in [0.29, 0.717) is 5.02 Å². The number of nitrogens with one attached hydrogen (secondary N) is 1. The third-order valence-corrected chi connectivity index (χ3v) is 4.50. The van der Waals surface area contributed by atoms with Crippen molar-refractivity contribution >= 4 is 17.5 Å². The van der Waals surface area contributed by atoms with Gasteiger partial charge in [-0.05, 0) is 43.5 Å². The van der Waals surface area contributed by atoms with Crippen molar-refractivity contribution in [2.45, 2.75) is 44.3 Å². The van der Waals surface area contributed by atoms with Gasteiger partial charge in [-0.2, -0.15) is 0 Å². The number of carbonyl (C=O) groups excluding carboxylic acids is 1. The van der Waals surface area contributed by atoms with Crippen LogP contribution < -0.4 is 11.1 Å². The maximum Gasteiger partial charge on any atom is 0.237 e. The van der Waals surface area contributed by atoms with E-state index >= 15 is 0 Å². The number of likely N-dealkylation sites (tertiary alicyclic amines) is 1. The highest BCUT2D eigenvalue weighted by atomic mass is 35.5. The molecule has 5 heteroatoms. The smallest absolute Gasteiger partial charge is 0.237 e. The standard InChI is InChI=1S/C16H24ClN3O/c1-3-13(18)15(11-6-4-7-12(17)10-11)20-9-5-8-14(20)16(21)19-2/h4,6-7,10,13-15H,3,5,8-9,18H2,1-2H3,(H,19,21). The van der Waals surface area contributed by atoms with Crippen molar-refractivity contribution in [1.29, 1.82) is 0 Å². The lowest BCUT2D eigenvalue weighted by molar-refractivity contribution is -0.125. The van der Waals surface area contributed by atoms with Gasteiger partial charge in [0.05, 0.1) is 12.1 Å². The maximum atomic E-state index is 12.1. The van der Waals surface area contributed by atoms with Crippen molar-refractivity contribution in [2.24, 2.45) is 5.73 Å². The van der Waals surface area contributed by atoms with Gasteiger partial charge in [0, 0.05) is 18.1 Å². The Balaban J connectivity index is 2.34. The molecule has 0 aliphatic carbocycles. The van der Waals surface area contributed by atoms with Crippen molar-refractivity contribution in [1.82, 2.24) is 10.2 Å². The van der Waals surface area contributed by atoms with Crippen LogP contribution in [0.3, 0.4) is 0 Å². The summed E-state index contributed by atoms with van der Waals surface area (Å²) in [5.41, 5.74) is 7.46. The van der Waals surface area contributed by atoms with Crippen LogP contribution in [0.15, 0.2) is 24.3 Å². The van der Waals surface area contributed by atoms with Gasteiger partial charge in [-0.1, -0.05) is 30.7 Å². The minimum atomic E-state index is -0.100. The molecule has 0 aromatic heterocycles. The predicted octanol–water partition coefficient (Wildman–Crippen LogP) is 2.33. The quantitative estimate of drug-likeness (QED) is 0.877. The fourth-order valence-corrected chi connectivity index (χ4v) is 3.37. The van der Waals surface area contributed by atoms with Gasteiger partial charge in [0.15, 0.2) is 0 Å². The van der Waals surface area contributed by atoms with E-state index < -0.39 is 0 Å². The van der Waals surface area contributed by atoms with Crippen LogP contribution in [0.4, 0.5) is 0 Å². The fraction of sp³-hybridized carbons (Fsp3) is 0.562. The first-order valence-corrected chi connectivity index (χ1v) is 7.94. The normalized spacial score (nSPS) is 22.0. The molecule has 1 amide bonds. The van der Waals surface area contributed by atoms with Crippen molar-refractivity contribution in [3.8, 4) is 0 Å². The summed E-state index contributed by atoms with van der Waals surface area (Å²) in [6, 6.07) is 7.72. The highest BCUT2D eigenvalue weighted by Gasteiger charge is 2.37. The number of nitrogens with two attached hydrogens (primary N) is 1. The molecular formula is C16H24ClN3O. The second-order valence-electron chi connectivity index (χ2n) is 5.58. The average molecular weight is 310 g/mol. The highest BCUT2D eigenvalue weighted by Crippen LogP contribution is 2.33.